The minimum absolute atomic E-state index is 0.0331. The van der Waals surface area contributed by atoms with Gasteiger partial charge in [-0.15, -0.1) is 0 Å². The number of hydrogen-bond acceptors (Lipinski definition) is 6. The molecule has 3 N–H and O–H groups in total. The Balaban J connectivity index is 2.49. The molecule has 0 heterocycles. The summed E-state index contributed by atoms with van der Waals surface area (Å²) in [7, 11) is 0. The molecule has 0 fully saturated rings. The van der Waals surface area contributed by atoms with Crippen LogP contribution in [0.3, 0.4) is 0 Å². The largest absolute Gasteiger partial charge is 0.508 e. The van der Waals surface area contributed by atoms with E-state index < -0.39 is 42.1 Å². The van der Waals surface area contributed by atoms with Crippen LogP contribution in [-0.4, -0.2) is 46.1 Å². The average molecular weight is 495 g/mol. The highest BCUT2D eigenvalue weighted by atomic mass is 16.6. The number of ether oxygens (including phenoxy) is 1. The maximum absolute atomic E-state index is 13.7. The minimum atomic E-state index is -1.21. The Morgan fingerprint density at radius 3 is 2.22 bits per heavy atom. The normalized spacial score (nSPS) is 12.6. The predicted molar refractivity (Wildman–Crippen MR) is 136 cm³/mol. The van der Waals surface area contributed by atoms with Crippen molar-refractivity contribution in [3.05, 3.63) is 58.7 Å². The Morgan fingerprint density at radius 2 is 1.69 bits per heavy atom. The van der Waals surface area contributed by atoms with E-state index in [-0.39, 0.29) is 5.75 Å². The van der Waals surface area contributed by atoms with Gasteiger partial charge < -0.3 is 25.4 Å². The molecule has 0 saturated carbocycles. The zero-order chi connectivity index (χ0) is 27.2. The third-order valence-electron chi connectivity index (χ3n) is 5.45. The van der Waals surface area contributed by atoms with E-state index in [1.807, 2.05) is 38.1 Å². The fraction of sp³-hybridized carbons (Fsp3) is 0.407. The fourth-order valence-electron chi connectivity index (χ4n) is 3.69. The van der Waals surface area contributed by atoms with Gasteiger partial charge in [0.15, 0.2) is 0 Å². The number of nitrogens with zero attached hydrogens (tertiary/aromatic N) is 2. The molecule has 3 amide bonds. The van der Waals surface area contributed by atoms with E-state index in [1.165, 1.54) is 19.1 Å². The molecule has 9 heteroatoms. The van der Waals surface area contributed by atoms with Crippen LogP contribution in [0, 0.1) is 32.1 Å². The van der Waals surface area contributed by atoms with Crippen molar-refractivity contribution in [1.82, 2.24) is 10.2 Å². The second kappa shape index (κ2) is 11.6. The lowest BCUT2D eigenvalue weighted by molar-refractivity contribution is -0.139. The van der Waals surface area contributed by atoms with E-state index >= 15 is 0 Å². The Morgan fingerprint density at radius 1 is 1.08 bits per heavy atom. The Kier molecular flexibility index (Phi) is 9.06. The maximum Gasteiger partial charge on any atom is 0.408 e. The summed E-state index contributed by atoms with van der Waals surface area (Å²) in [5, 5.41) is 24.9. The quantitative estimate of drug-likeness (QED) is 0.493. The summed E-state index contributed by atoms with van der Waals surface area (Å²) in [4.78, 5) is 40.5. The number of nitrogens with one attached hydrogen (secondary N) is 2. The van der Waals surface area contributed by atoms with E-state index in [2.05, 4.69) is 10.6 Å². The minimum Gasteiger partial charge on any atom is -0.508 e. The number of alkyl carbamates (subject to hydrolysis) is 1. The highest BCUT2D eigenvalue weighted by Gasteiger charge is 2.35. The number of rotatable bonds is 7. The van der Waals surface area contributed by atoms with Crippen LogP contribution in [0.4, 0.5) is 10.5 Å². The summed E-state index contributed by atoms with van der Waals surface area (Å²) in [6.45, 7) is 11.5. The molecule has 0 spiro atoms. The molecule has 2 aromatic rings. The van der Waals surface area contributed by atoms with Crippen molar-refractivity contribution >= 4 is 23.6 Å². The van der Waals surface area contributed by atoms with Crippen LogP contribution in [0.1, 0.15) is 56.0 Å². The van der Waals surface area contributed by atoms with Gasteiger partial charge in [0.25, 0.3) is 5.91 Å². The first-order valence-corrected chi connectivity index (χ1v) is 11.6. The number of hydrogen-bond donors (Lipinski definition) is 3. The third kappa shape index (κ3) is 7.22. The van der Waals surface area contributed by atoms with Gasteiger partial charge in [0.1, 0.15) is 30.0 Å². The van der Waals surface area contributed by atoms with E-state index in [0.717, 1.165) is 16.0 Å². The molecule has 0 saturated heterocycles. The summed E-state index contributed by atoms with van der Waals surface area (Å²) in [5.41, 5.74) is 2.41. The molecule has 0 radical (unpaired) electrons. The van der Waals surface area contributed by atoms with Gasteiger partial charge >= 0.3 is 6.09 Å². The first-order valence-electron chi connectivity index (χ1n) is 11.6. The number of carbonyl (C=O) groups is 3. The number of aryl methyl sites for hydroxylation is 3. The van der Waals surface area contributed by atoms with E-state index in [1.54, 1.807) is 33.8 Å². The van der Waals surface area contributed by atoms with Crippen molar-refractivity contribution in [3.63, 3.8) is 0 Å². The van der Waals surface area contributed by atoms with Gasteiger partial charge in [0, 0.05) is 5.69 Å². The smallest absolute Gasteiger partial charge is 0.408 e. The number of anilines is 1. The molecule has 2 unspecified atom stereocenters. The molecular weight excluding hydrogens is 460 g/mol. The predicted octanol–water partition coefficient (Wildman–Crippen LogP) is 4.26. The molecular formula is C27H34N4O5. The second-order valence-electron chi connectivity index (χ2n) is 9.70. The van der Waals surface area contributed by atoms with Gasteiger partial charge in [-0.2, -0.15) is 5.26 Å². The zero-order valence-corrected chi connectivity index (χ0v) is 21.8. The van der Waals surface area contributed by atoms with Gasteiger partial charge in [-0.05, 0) is 82.9 Å². The summed E-state index contributed by atoms with van der Waals surface area (Å²) >= 11 is 0. The lowest BCUT2D eigenvalue weighted by atomic mass is 9.99. The Hall–Kier alpha value is -4.06. The molecule has 2 rings (SSSR count). The SMILES string of the molecule is Cc1cc(C(C(=O)Nc2c(C)cccc2C)N(CC#N)C(=O)C(C)NC(=O)OC(C)(C)C)ccc1O. The van der Waals surface area contributed by atoms with Crippen molar-refractivity contribution in [2.24, 2.45) is 0 Å². The highest BCUT2D eigenvalue weighted by molar-refractivity contribution is 6.00. The molecule has 9 nitrogen and oxygen atoms in total. The summed E-state index contributed by atoms with van der Waals surface area (Å²) in [6, 6.07) is 9.79. The Labute approximate surface area is 212 Å². The lowest BCUT2D eigenvalue weighted by Crippen LogP contribution is -2.51. The number of benzene rings is 2. The van der Waals surface area contributed by atoms with Crippen LogP contribution < -0.4 is 10.6 Å². The monoisotopic (exact) mass is 494 g/mol. The maximum atomic E-state index is 13.7. The van der Waals surface area contributed by atoms with Crippen LogP contribution in [0.15, 0.2) is 36.4 Å². The standard InChI is InChI=1S/C27H34N4O5/c1-16-9-8-10-17(2)22(16)30-24(33)23(20-11-12-21(32)18(3)15-20)31(14-13-28)25(34)19(4)29-26(35)36-27(5,6)7/h8-12,15,19,23,32H,14H2,1-7H3,(H,29,35)(H,30,33). The average Bonchev–Trinajstić information content (AvgIpc) is 2.76. The summed E-state index contributed by atoms with van der Waals surface area (Å²) < 4.78 is 5.23. The number of carbonyl (C=O) groups excluding carboxylic acids is 3. The molecule has 192 valence electrons. The van der Waals surface area contributed by atoms with E-state index in [4.69, 9.17) is 4.74 Å². The van der Waals surface area contributed by atoms with Crippen molar-refractivity contribution in [3.8, 4) is 11.8 Å². The first kappa shape index (κ1) is 28.2. The molecule has 36 heavy (non-hydrogen) atoms. The van der Waals surface area contributed by atoms with Crippen molar-refractivity contribution < 1.29 is 24.2 Å². The van der Waals surface area contributed by atoms with Gasteiger partial charge in [0.05, 0.1) is 6.07 Å². The third-order valence-corrected chi connectivity index (χ3v) is 5.45. The van der Waals surface area contributed by atoms with Crippen molar-refractivity contribution in [2.45, 2.75) is 66.2 Å². The van der Waals surface area contributed by atoms with Crippen LogP contribution in [0.5, 0.6) is 5.75 Å². The molecule has 0 aliphatic rings. The number of aromatic hydroxyl groups is 1. The number of phenolic OH excluding ortho intramolecular Hbond substituents is 1. The summed E-state index contributed by atoms with van der Waals surface area (Å²) in [5.74, 6) is -1.15. The topological polar surface area (TPSA) is 132 Å². The number of phenols is 1. The van der Waals surface area contributed by atoms with Crippen molar-refractivity contribution in [2.75, 3.05) is 11.9 Å². The van der Waals surface area contributed by atoms with E-state index in [0.29, 0.717) is 16.8 Å². The van der Waals surface area contributed by atoms with Crippen LogP contribution in [0.25, 0.3) is 0 Å². The highest BCUT2D eigenvalue weighted by Crippen LogP contribution is 2.29. The second-order valence-corrected chi connectivity index (χ2v) is 9.70. The van der Waals surface area contributed by atoms with Crippen molar-refractivity contribution in [1.29, 1.82) is 5.26 Å². The lowest BCUT2D eigenvalue weighted by Gasteiger charge is -2.32. The van der Waals surface area contributed by atoms with Gasteiger partial charge in [-0.1, -0.05) is 24.3 Å². The molecule has 0 aromatic heterocycles. The zero-order valence-electron chi connectivity index (χ0n) is 21.8. The summed E-state index contributed by atoms with van der Waals surface area (Å²) in [6.07, 6.45) is -0.794. The number of para-hydroxylation sites is 1. The molecule has 2 aromatic carbocycles. The molecule has 0 aliphatic heterocycles. The number of amides is 3. The molecule has 2 atom stereocenters. The van der Waals surface area contributed by atoms with Crippen LogP contribution >= 0.6 is 0 Å². The van der Waals surface area contributed by atoms with Gasteiger partial charge in [0.2, 0.25) is 5.91 Å². The number of nitriles is 1. The Bertz CT molecular complexity index is 1160. The molecule has 0 bridgehead atoms. The van der Waals surface area contributed by atoms with Gasteiger partial charge in [-0.3, -0.25) is 9.59 Å². The fourth-order valence-corrected chi connectivity index (χ4v) is 3.69. The van der Waals surface area contributed by atoms with Crippen LogP contribution in [-0.2, 0) is 14.3 Å². The van der Waals surface area contributed by atoms with E-state index in [9.17, 15) is 24.8 Å². The van der Waals surface area contributed by atoms with Crippen LogP contribution in [0.2, 0.25) is 0 Å². The molecule has 0 aliphatic carbocycles. The first-order chi connectivity index (χ1) is 16.7. The van der Waals surface area contributed by atoms with Gasteiger partial charge in [-0.25, -0.2) is 4.79 Å².